The average Bonchev–Trinajstić information content (AvgIpc) is 2.14. The van der Waals surface area contributed by atoms with Crippen molar-refractivity contribution in [1.82, 2.24) is 0 Å². The standard InChI is InChI=1S/C11H12ClF4N/c1-7(12)6-17(2)10-4-3-8(5-9(10)13)11(14,15)16/h3-5,7H,6H2,1-2H3. The zero-order chi connectivity index (χ0) is 13.2. The highest BCUT2D eigenvalue weighted by molar-refractivity contribution is 6.20. The molecule has 0 bridgehead atoms. The van der Waals surface area contributed by atoms with Crippen molar-refractivity contribution in [2.75, 3.05) is 18.5 Å². The molecule has 0 fully saturated rings. The number of halogens is 5. The fourth-order valence-electron chi connectivity index (χ4n) is 1.47. The summed E-state index contributed by atoms with van der Waals surface area (Å²) in [7, 11) is 1.57. The molecular weight excluding hydrogens is 258 g/mol. The molecule has 17 heavy (non-hydrogen) atoms. The molecule has 0 aliphatic heterocycles. The van der Waals surface area contributed by atoms with E-state index in [0.717, 1.165) is 12.1 Å². The maximum Gasteiger partial charge on any atom is 0.416 e. The summed E-state index contributed by atoms with van der Waals surface area (Å²) < 4.78 is 50.4. The maximum absolute atomic E-state index is 13.5. The van der Waals surface area contributed by atoms with E-state index in [-0.39, 0.29) is 11.1 Å². The minimum absolute atomic E-state index is 0.102. The molecular formula is C11H12ClF4N. The smallest absolute Gasteiger partial charge is 0.371 e. The van der Waals surface area contributed by atoms with Gasteiger partial charge in [-0.15, -0.1) is 11.6 Å². The molecule has 0 aliphatic rings. The van der Waals surface area contributed by atoms with Crippen molar-refractivity contribution in [2.24, 2.45) is 0 Å². The van der Waals surface area contributed by atoms with Crippen LogP contribution in [0.1, 0.15) is 12.5 Å². The fraction of sp³-hybridized carbons (Fsp3) is 0.455. The molecule has 0 N–H and O–H groups in total. The van der Waals surface area contributed by atoms with Crippen molar-refractivity contribution in [3.05, 3.63) is 29.6 Å². The van der Waals surface area contributed by atoms with Crippen LogP contribution in [0.4, 0.5) is 23.2 Å². The van der Waals surface area contributed by atoms with Crippen LogP contribution < -0.4 is 4.90 Å². The molecule has 0 aliphatic carbocycles. The van der Waals surface area contributed by atoms with Crippen LogP contribution >= 0.6 is 11.6 Å². The second-order valence-corrected chi connectivity index (χ2v) is 4.57. The van der Waals surface area contributed by atoms with E-state index in [1.165, 1.54) is 4.90 Å². The van der Waals surface area contributed by atoms with E-state index in [1.807, 2.05) is 0 Å². The number of anilines is 1. The number of alkyl halides is 4. The number of hydrogen-bond acceptors (Lipinski definition) is 1. The highest BCUT2D eigenvalue weighted by Gasteiger charge is 2.31. The van der Waals surface area contributed by atoms with Crippen LogP contribution in [0, 0.1) is 5.82 Å². The molecule has 1 aromatic carbocycles. The minimum atomic E-state index is -4.53. The Morgan fingerprint density at radius 1 is 1.35 bits per heavy atom. The quantitative estimate of drug-likeness (QED) is 0.594. The summed E-state index contributed by atoms with van der Waals surface area (Å²) in [6.07, 6.45) is -4.53. The first-order chi connectivity index (χ1) is 7.71. The largest absolute Gasteiger partial charge is 0.416 e. The minimum Gasteiger partial charge on any atom is -0.371 e. The Balaban J connectivity index is 2.98. The van der Waals surface area contributed by atoms with E-state index in [9.17, 15) is 17.6 Å². The zero-order valence-corrected chi connectivity index (χ0v) is 10.1. The maximum atomic E-state index is 13.5. The van der Waals surface area contributed by atoms with E-state index in [1.54, 1.807) is 14.0 Å². The first-order valence-corrected chi connectivity index (χ1v) is 5.37. The molecule has 0 heterocycles. The van der Waals surface area contributed by atoms with Crippen LogP contribution in [0.2, 0.25) is 0 Å². The topological polar surface area (TPSA) is 3.24 Å². The lowest BCUT2D eigenvalue weighted by molar-refractivity contribution is -0.137. The lowest BCUT2D eigenvalue weighted by atomic mass is 10.1. The van der Waals surface area contributed by atoms with Gasteiger partial charge in [-0.05, 0) is 25.1 Å². The van der Waals surface area contributed by atoms with Gasteiger partial charge in [0.05, 0.1) is 11.3 Å². The normalized spacial score (nSPS) is 13.6. The van der Waals surface area contributed by atoms with E-state index in [2.05, 4.69) is 0 Å². The fourth-order valence-corrected chi connectivity index (χ4v) is 1.68. The lowest BCUT2D eigenvalue weighted by Crippen LogP contribution is -2.25. The molecule has 0 aromatic heterocycles. The van der Waals surface area contributed by atoms with Crippen molar-refractivity contribution < 1.29 is 17.6 Å². The Hall–Kier alpha value is -0.970. The van der Waals surface area contributed by atoms with E-state index >= 15 is 0 Å². The molecule has 0 radical (unpaired) electrons. The molecule has 0 spiro atoms. The van der Waals surface area contributed by atoms with Crippen molar-refractivity contribution >= 4 is 17.3 Å². The summed E-state index contributed by atoms with van der Waals surface area (Å²) in [6.45, 7) is 2.07. The third kappa shape index (κ3) is 3.77. The molecule has 0 saturated carbocycles. The summed E-state index contributed by atoms with van der Waals surface area (Å²) in [4.78, 5) is 1.48. The Morgan fingerprint density at radius 2 is 1.94 bits per heavy atom. The Kier molecular flexibility index (Phi) is 4.25. The molecule has 0 amide bonds. The number of benzene rings is 1. The molecule has 1 atom stereocenters. The van der Waals surface area contributed by atoms with Crippen molar-refractivity contribution in [2.45, 2.75) is 18.5 Å². The van der Waals surface area contributed by atoms with Gasteiger partial charge in [-0.25, -0.2) is 4.39 Å². The Bertz CT molecular complexity index is 390. The van der Waals surface area contributed by atoms with Crippen LogP contribution in [-0.2, 0) is 6.18 Å². The highest BCUT2D eigenvalue weighted by Crippen LogP contribution is 2.32. The van der Waals surface area contributed by atoms with Gasteiger partial charge in [0.25, 0.3) is 0 Å². The van der Waals surface area contributed by atoms with Crippen LogP contribution in [-0.4, -0.2) is 19.0 Å². The average molecular weight is 270 g/mol. The summed E-state index contributed by atoms with van der Waals surface area (Å²) in [5.74, 6) is -0.903. The molecule has 1 rings (SSSR count). The third-order valence-electron chi connectivity index (χ3n) is 2.21. The van der Waals surface area contributed by atoms with Gasteiger partial charge in [-0.3, -0.25) is 0 Å². The number of hydrogen-bond donors (Lipinski definition) is 0. The Labute approximate surface area is 102 Å². The van der Waals surface area contributed by atoms with Crippen LogP contribution in [0.25, 0.3) is 0 Å². The van der Waals surface area contributed by atoms with E-state index < -0.39 is 17.6 Å². The summed E-state index contributed by atoms with van der Waals surface area (Å²) in [6, 6.07) is 2.45. The predicted octanol–water partition coefficient (Wildman–Crippen LogP) is 3.91. The Morgan fingerprint density at radius 3 is 2.35 bits per heavy atom. The van der Waals surface area contributed by atoms with Gasteiger partial charge in [0.15, 0.2) is 0 Å². The summed E-state index contributed by atoms with van der Waals surface area (Å²) in [5, 5.41) is -0.221. The third-order valence-corrected chi connectivity index (χ3v) is 2.35. The lowest BCUT2D eigenvalue weighted by Gasteiger charge is -2.21. The van der Waals surface area contributed by atoms with Gasteiger partial charge in [0.1, 0.15) is 5.82 Å². The second-order valence-electron chi connectivity index (χ2n) is 3.83. The van der Waals surface area contributed by atoms with Gasteiger partial charge in [-0.1, -0.05) is 0 Å². The van der Waals surface area contributed by atoms with Gasteiger partial charge >= 0.3 is 6.18 Å². The first kappa shape index (κ1) is 14.1. The highest BCUT2D eigenvalue weighted by atomic mass is 35.5. The molecule has 1 aromatic rings. The zero-order valence-electron chi connectivity index (χ0n) is 9.35. The number of rotatable bonds is 3. The molecule has 6 heteroatoms. The predicted molar refractivity (Wildman–Crippen MR) is 60.0 cm³/mol. The van der Waals surface area contributed by atoms with Gasteiger partial charge in [0.2, 0.25) is 0 Å². The van der Waals surface area contributed by atoms with Gasteiger partial charge < -0.3 is 4.90 Å². The molecule has 96 valence electrons. The second kappa shape index (κ2) is 5.12. The summed E-state index contributed by atoms with van der Waals surface area (Å²) >= 11 is 5.73. The van der Waals surface area contributed by atoms with Crippen molar-refractivity contribution in [3.63, 3.8) is 0 Å². The SMILES string of the molecule is CC(Cl)CN(C)c1ccc(C(F)(F)F)cc1F. The van der Waals surface area contributed by atoms with Crippen LogP contribution in [0.5, 0.6) is 0 Å². The molecule has 0 saturated heterocycles. The van der Waals surface area contributed by atoms with E-state index in [4.69, 9.17) is 11.6 Å². The van der Waals surface area contributed by atoms with Gasteiger partial charge in [0, 0.05) is 19.0 Å². The van der Waals surface area contributed by atoms with Crippen molar-refractivity contribution in [3.8, 4) is 0 Å². The monoisotopic (exact) mass is 269 g/mol. The first-order valence-electron chi connectivity index (χ1n) is 4.93. The van der Waals surface area contributed by atoms with Gasteiger partial charge in [-0.2, -0.15) is 13.2 Å². The molecule has 1 nitrogen and oxygen atoms in total. The van der Waals surface area contributed by atoms with Crippen molar-refractivity contribution in [1.29, 1.82) is 0 Å². The molecule has 1 unspecified atom stereocenters. The van der Waals surface area contributed by atoms with E-state index in [0.29, 0.717) is 12.6 Å². The van der Waals surface area contributed by atoms with Crippen LogP contribution in [0.15, 0.2) is 18.2 Å². The summed E-state index contributed by atoms with van der Waals surface area (Å²) in [5.41, 5.74) is -0.892. The number of nitrogens with zero attached hydrogens (tertiary/aromatic N) is 1. The van der Waals surface area contributed by atoms with Crippen LogP contribution in [0.3, 0.4) is 0 Å².